The molecule has 5 nitrogen and oxygen atoms in total. The molecular weight excluding hydrogens is 292 g/mol. The predicted octanol–water partition coefficient (Wildman–Crippen LogP) is 2.23. The molecule has 0 spiro atoms. The molecule has 1 saturated heterocycles. The number of carbonyl (C=O) groups excluding carboxylic acids is 3. The molecule has 0 aliphatic carbocycles. The van der Waals surface area contributed by atoms with Gasteiger partial charge in [0.25, 0.3) is 0 Å². The first-order valence-electron chi connectivity index (χ1n) is 8.99. The summed E-state index contributed by atoms with van der Waals surface area (Å²) in [6.45, 7) is 8.59. The molecule has 0 radical (unpaired) electrons. The Labute approximate surface area is 140 Å². The van der Waals surface area contributed by atoms with Crippen molar-refractivity contribution in [2.45, 2.75) is 78.3 Å². The molecule has 1 aliphatic heterocycles. The fraction of sp³-hybridized carbons (Fsp3) is 0.833. The van der Waals surface area contributed by atoms with Crippen LogP contribution in [-0.4, -0.2) is 36.1 Å². The molecule has 23 heavy (non-hydrogen) atoms. The van der Waals surface area contributed by atoms with Crippen LogP contribution in [0.15, 0.2) is 0 Å². The van der Waals surface area contributed by atoms with Crippen LogP contribution in [0.5, 0.6) is 0 Å². The van der Waals surface area contributed by atoms with Crippen molar-refractivity contribution in [2.24, 2.45) is 11.8 Å². The lowest BCUT2D eigenvalue weighted by Gasteiger charge is -2.24. The van der Waals surface area contributed by atoms with Gasteiger partial charge in [-0.1, -0.05) is 34.1 Å². The van der Waals surface area contributed by atoms with Gasteiger partial charge in [-0.2, -0.15) is 0 Å². The summed E-state index contributed by atoms with van der Waals surface area (Å²) in [6.07, 6.45) is 4.04. The van der Waals surface area contributed by atoms with Gasteiger partial charge in [-0.25, -0.2) is 0 Å². The lowest BCUT2D eigenvalue weighted by Crippen LogP contribution is -2.46. The number of hydrogen-bond donors (Lipinski definition) is 2. The van der Waals surface area contributed by atoms with Gasteiger partial charge >= 0.3 is 0 Å². The van der Waals surface area contributed by atoms with E-state index >= 15 is 0 Å². The van der Waals surface area contributed by atoms with Crippen LogP contribution in [0.1, 0.15) is 66.2 Å². The number of ketones is 2. The van der Waals surface area contributed by atoms with Crippen LogP contribution in [-0.2, 0) is 14.4 Å². The molecule has 1 amide bonds. The summed E-state index contributed by atoms with van der Waals surface area (Å²) in [6, 6.07) is -0.522. The minimum absolute atomic E-state index is 0.0616. The van der Waals surface area contributed by atoms with E-state index in [0.717, 1.165) is 25.8 Å². The minimum atomic E-state index is -0.418. The molecule has 5 heteroatoms. The van der Waals surface area contributed by atoms with E-state index in [1.54, 1.807) is 0 Å². The van der Waals surface area contributed by atoms with Crippen LogP contribution < -0.4 is 10.6 Å². The molecule has 3 atom stereocenters. The molecule has 1 heterocycles. The number of carbonyl (C=O) groups is 3. The number of hydrogen-bond acceptors (Lipinski definition) is 4. The Morgan fingerprint density at radius 3 is 2.39 bits per heavy atom. The van der Waals surface area contributed by atoms with Crippen LogP contribution in [0, 0.1) is 11.8 Å². The highest BCUT2D eigenvalue weighted by molar-refractivity contribution is 5.93. The van der Waals surface area contributed by atoms with Gasteiger partial charge in [-0.15, -0.1) is 0 Å². The van der Waals surface area contributed by atoms with Crippen molar-refractivity contribution in [3.63, 3.8) is 0 Å². The van der Waals surface area contributed by atoms with Crippen molar-refractivity contribution < 1.29 is 14.4 Å². The predicted molar refractivity (Wildman–Crippen MR) is 91.1 cm³/mol. The largest absolute Gasteiger partial charge is 0.346 e. The van der Waals surface area contributed by atoms with Crippen molar-refractivity contribution >= 4 is 17.5 Å². The topological polar surface area (TPSA) is 75.3 Å². The number of Topliss-reactive ketones (excluding diaryl/α,β-unsaturated/α-hetero) is 2. The fourth-order valence-corrected chi connectivity index (χ4v) is 3.08. The van der Waals surface area contributed by atoms with Gasteiger partial charge in [0.15, 0.2) is 11.6 Å². The van der Waals surface area contributed by atoms with E-state index in [1.165, 1.54) is 0 Å². The first kappa shape index (κ1) is 19.8. The fourth-order valence-electron chi connectivity index (χ4n) is 3.08. The number of nitrogens with one attached hydrogen (secondary N) is 2. The summed E-state index contributed by atoms with van der Waals surface area (Å²) < 4.78 is 0. The van der Waals surface area contributed by atoms with E-state index < -0.39 is 6.04 Å². The second-order valence-corrected chi connectivity index (χ2v) is 6.84. The van der Waals surface area contributed by atoms with Gasteiger partial charge in [0.1, 0.15) is 0 Å². The lowest BCUT2D eigenvalue weighted by atomic mass is 9.87. The van der Waals surface area contributed by atoms with Crippen LogP contribution in [0.25, 0.3) is 0 Å². The standard InChI is InChI=1S/C18H32N2O3/c1-5-8-15(16(21)6-2)20-18(23)13(12(3)4)11-17(22)14-9-7-10-19-14/h12-15,19H,5-11H2,1-4H3,(H,20,23)/t13-,14?,15-/m0/s1. The minimum Gasteiger partial charge on any atom is -0.346 e. The summed E-state index contributed by atoms with van der Waals surface area (Å²) >= 11 is 0. The molecule has 1 fully saturated rings. The third-order valence-electron chi connectivity index (χ3n) is 4.64. The Balaban J connectivity index is 2.69. The van der Waals surface area contributed by atoms with Crippen molar-refractivity contribution in [2.75, 3.05) is 6.54 Å². The van der Waals surface area contributed by atoms with Crippen molar-refractivity contribution in [3.05, 3.63) is 0 Å². The zero-order valence-electron chi connectivity index (χ0n) is 15.0. The molecule has 132 valence electrons. The van der Waals surface area contributed by atoms with Crippen molar-refractivity contribution in [1.82, 2.24) is 10.6 Å². The molecular formula is C18H32N2O3. The molecule has 1 unspecified atom stereocenters. The smallest absolute Gasteiger partial charge is 0.224 e. The highest BCUT2D eigenvalue weighted by Crippen LogP contribution is 2.20. The average molecular weight is 324 g/mol. The van der Waals surface area contributed by atoms with Gasteiger partial charge < -0.3 is 10.6 Å². The zero-order chi connectivity index (χ0) is 17.4. The molecule has 0 bridgehead atoms. The summed E-state index contributed by atoms with van der Waals surface area (Å²) in [5.74, 6) is -0.281. The Morgan fingerprint density at radius 1 is 1.22 bits per heavy atom. The average Bonchev–Trinajstić information content (AvgIpc) is 3.05. The third-order valence-corrected chi connectivity index (χ3v) is 4.64. The van der Waals surface area contributed by atoms with Crippen molar-refractivity contribution in [3.8, 4) is 0 Å². The Kier molecular flexibility index (Phi) is 8.45. The van der Waals surface area contributed by atoms with E-state index in [0.29, 0.717) is 12.8 Å². The highest BCUT2D eigenvalue weighted by atomic mass is 16.2. The summed E-state index contributed by atoms with van der Waals surface area (Å²) in [7, 11) is 0. The Morgan fingerprint density at radius 2 is 1.91 bits per heavy atom. The van der Waals surface area contributed by atoms with Gasteiger partial charge in [0.05, 0.1) is 12.1 Å². The second-order valence-electron chi connectivity index (χ2n) is 6.84. The van der Waals surface area contributed by atoms with E-state index in [2.05, 4.69) is 10.6 Å². The monoisotopic (exact) mass is 324 g/mol. The van der Waals surface area contributed by atoms with Gasteiger partial charge in [0, 0.05) is 18.8 Å². The van der Waals surface area contributed by atoms with Gasteiger partial charge in [0.2, 0.25) is 5.91 Å². The molecule has 0 saturated carbocycles. The molecule has 2 N–H and O–H groups in total. The first-order valence-corrected chi connectivity index (χ1v) is 8.99. The van der Waals surface area contributed by atoms with Gasteiger partial charge in [-0.05, 0) is 31.7 Å². The SMILES string of the molecule is CCC[C@H](NC(=O)[C@@H](CC(=O)C1CCCN1)C(C)C)C(=O)CC. The Bertz CT molecular complexity index is 414. The molecule has 1 aliphatic rings. The van der Waals surface area contributed by atoms with E-state index in [9.17, 15) is 14.4 Å². The Hall–Kier alpha value is -1.23. The quantitative estimate of drug-likeness (QED) is 0.646. The molecule has 0 aromatic heterocycles. The number of rotatable bonds is 10. The summed E-state index contributed by atoms with van der Waals surface area (Å²) in [5, 5.41) is 6.08. The summed E-state index contributed by atoms with van der Waals surface area (Å²) in [4.78, 5) is 36.9. The maximum atomic E-state index is 12.6. The lowest BCUT2D eigenvalue weighted by molar-refractivity contribution is -0.134. The molecule has 0 aromatic carbocycles. The maximum Gasteiger partial charge on any atom is 0.224 e. The maximum absolute atomic E-state index is 12.6. The van der Waals surface area contributed by atoms with Crippen LogP contribution in [0.4, 0.5) is 0 Å². The van der Waals surface area contributed by atoms with E-state index in [-0.39, 0.29) is 41.8 Å². The zero-order valence-corrected chi connectivity index (χ0v) is 15.0. The molecule has 0 aromatic rings. The highest BCUT2D eigenvalue weighted by Gasteiger charge is 2.31. The summed E-state index contributed by atoms with van der Waals surface area (Å²) in [5.41, 5.74) is 0. The van der Waals surface area contributed by atoms with E-state index in [4.69, 9.17) is 0 Å². The number of amides is 1. The third kappa shape index (κ3) is 6.05. The van der Waals surface area contributed by atoms with Crippen LogP contribution >= 0.6 is 0 Å². The van der Waals surface area contributed by atoms with Gasteiger partial charge in [-0.3, -0.25) is 14.4 Å². The second kappa shape index (κ2) is 9.81. The molecule has 1 rings (SSSR count). The van der Waals surface area contributed by atoms with Crippen LogP contribution in [0.3, 0.4) is 0 Å². The normalized spacial score (nSPS) is 20.3. The van der Waals surface area contributed by atoms with E-state index in [1.807, 2.05) is 27.7 Å². The van der Waals surface area contributed by atoms with Crippen LogP contribution in [0.2, 0.25) is 0 Å². The van der Waals surface area contributed by atoms with Crippen molar-refractivity contribution in [1.29, 1.82) is 0 Å². The first-order chi connectivity index (χ1) is 10.9.